The summed E-state index contributed by atoms with van der Waals surface area (Å²) in [4.78, 5) is 25.5. The van der Waals surface area contributed by atoms with Crippen LogP contribution in [0.5, 0.6) is 0 Å². The maximum Gasteiger partial charge on any atom is 0.338 e. The Morgan fingerprint density at radius 2 is 2.10 bits per heavy atom. The van der Waals surface area contributed by atoms with Gasteiger partial charge in [-0.05, 0) is 25.1 Å². The van der Waals surface area contributed by atoms with E-state index in [0.29, 0.717) is 17.9 Å². The molecule has 0 atom stereocenters. The van der Waals surface area contributed by atoms with Crippen LogP contribution in [0.15, 0.2) is 24.3 Å². The van der Waals surface area contributed by atoms with E-state index in [1.807, 2.05) is 11.8 Å². The van der Waals surface area contributed by atoms with Gasteiger partial charge in [0, 0.05) is 30.3 Å². The van der Waals surface area contributed by atoms with Gasteiger partial charge in [0.25, 0.3) is 0 Å². The summed E-state index contributed by atoms with van der Waals surface area (Å²) in [5.74, 6) is 1.56. The minimum Gasteiger partial charge on any atom is -0.462 e. The molecule has 0 aromatic heterocycles. The van der Waals surface area contributed by atoms with E-state index in [1.165, 1.54) is 0 Å². The van der Waals surface area contributed by atoms with Gasteiger partial charge in [-0.1, -0.05) is 6.07 Å². The normalized spacial score (nSPS) is 14.8. The Hall–Kier alpha value is -1.69. The molecule has 1 N–H and O–H groups in total. The Morgan fingerprint density at radius 3 is 2.80 bits per heavy atom. The molecule has 0 radical (unpaired) electrons. The van der Waals surface area contributed by atoms with E-state index in [0.717, 1.165) is 24.6 Å². The number of rotatable bonds is 3. The summed E-state index contributed by atoms with van der Waals surface area (Å²) in [5, 5.41) is 2.82. The third kappa shape index (κ3) is 3.90. The Morgan fingerprint density at radius 1 is 1.35 bits per heavy atom. The van der Waals surface area contributed by atoms with Crippen LogP contribution in [-0.4, -0.2) is 48.1 Å². The third-order valence-electron chi connectivity index (χ3n) is 2.92. The van der Waals surface area contributed by atoms with Crippen molar-refractivity contribution in [1.82, 2.24) is 4.90 Å². The second-order valence-electron chi connectivity index (χ2n) is 4.33. The van der Waals surface area contributed by atoms with Gasteiger partial charge < -0.3 is 15.0 Å². The van der Waals surface area contributed by atoms with Crippen molar-refractivity contribution in [1.29, 1.82) is 0 Å². The van der Waals surface area contributed by atoms with Crippen LogP contribution in [0.4, 0.5) is 10.5 Å². The van der Waals surface area contributed by atoms with Crippen molar-refractivity contribution < 1.29 is 14.3 Å². The molecule has 1 heterocycles. The first-order valence-corrected chi connectivity index (χ1v) is 7.77. The minimum absolute atomic E-state index is 0.119. The number of nitrogens with one attached hydrogen (secondary N) is 1. The second-order valence-corrected chi connectivity index (χ2v) is 5.56. The molecule has 6 heteroatoms. The Bertz CT molecular complexity index is 487. The van der Waals surface area contributed by atoms with E-state index in [1.54, 1.807) is 36.1 Å². The van der Waals surface area contributed by atoms with E-state index in [4.69, 9.17) is 4.74 Å². The monoisotopic (exact) mass is 294 g/mol. The lowest BCUT2D eigenvalue weighted by Gasteiger charge is -2.26. The van der Waals surface area contributed by atoms with Crippen LogP contribution in [0.1, 0.15) is 17.3 Å². The highest BCUT2D eigenvalue weighted by Crippen LogP contribution is 2.14. The fourth-order valence-electron chi connectivity index (χ4n) is 1.91. The van der Waals surface area contributed by atoms with Gasteiger partial charge in [0.05, 0.1) is 12.2 Å². The molecule has 0 saturated carbocycles. The molecule has 1 fully saturated rings. The maximum atomic E-state index is 12.1. The topological polar surface area (TPSA) is 58.6 Å². The van der Waals surface area contributed by atoms with E-state index in [-0.39, 0.29) is 12.0 Å². The fraction of sp³-hybridized carbons (Fsp3) is 0.429. The Labute approximate surface area is 122 Å². The highest BCUT2D eigenvalue weighted by Gasteiger charge is 2.17. The molecule has 0 aliphatic carbocycles. The number of amides is 2. The lowest BCUT2D eigenvalue weighted by molar-refractivity contribution is 0.0526. The van der Waals surface area contributed by atoms with E-state index < -0.39 is 0 Å². The maximum absolute atomic E-state index is 12.1. The highest BCUT2D eigenvalue weighted by atomic mass is 32.2. The number of carbonyl (C=O) groups is 2. The first-order valence-electron chi connectivity index (χ1n) is 6.61. The van der Waals surface area contributed by atoms with Gasteiger partial charge in [0.2, 0.25) is 0 Å². The molecule has 5 nitrogen and oxygen atoms in total. The molecule has 1 aliphatic heterocycles. The van der Waals surface area contributed by atoms with Crippen LogP contribution in [0.2, 0.25) is 0 Å². The zero-order valence-electron chi connectivity index (χ0n) is 11.4. The van der Waals surface area contributed by atoms with Gasteiger partial charge in [-0.25, -0.2) is 9.59 Å². The molecule has 1 aromatic carbocycles. The summed E-state index contributed by atoms with van der Waals surface area (Å²) in [6.45, 7) is 3.61. The van der Waals surface area contributed by atoms with Crippen molar-refractivity contribution >= 4 is 29.4 Å². The average Bonchev–Trinajstić information content (AvgIpc) is 2.48. The summed E-state index contributed by atoms with van der Waals surface area (Å²) in [5.41, 5.74) is 1.05. The molecule has 1 aliphatic rings. The lowest BCUT2D eigenvalue weighted by Crippen LogP contribution is -2.40. The fourth-order valence-corrected chi connectivity index (χ4v) is 2.81. The predicted molar refractivity (Wildman–Crippen MR) is 80.3 cm³/mol. The van der Waals surface area contributed by atoms with E-state index >= 15 is 0 Å². The van der Waals surface area contributed by atoms with Crippen molar-refractivity contribution in [3.8, 4) is 0 Å². The van der Waals surface area contributed by atoms with Crippen LogP contribution < -0.4 is 5.32 Å². The van der Waals surface area contributed by atoms with E-state index in [2.05, 4.69) is 5.32 Å². The lowest BCUT2D eigenvalue weighted by atomic mass is 10.2. The first-order chi connectivity index (χ1) is 9.70. The standard InChI is InChI=1S/C14H18N2O3S/c1-2-19-13(17)11-4-3-5-12(10-11)15-14(18)16-6-8-20-9-7-16/h3-5,10H,2,6-9H2,1H3,(H,15,18). The number of urea groups is 1. The van der Waals surface area contributed by atoms with Crippen LogP contribution in [0.3, 0.4) is 0 Å². The van der Waals surface area contributed by atoms with Crippen LogP contribution in [-0.2, 0) is 4.74 Å². The first kappa shape index (κ1) is 14.7. The van der Waals surface area contributed by atoms with Crippen molar-refractivity contribution in [3.63, 3.8) is 0 Å². The van der Waals surface area contributed by atoms with Crippen molar-refractivity contribution in [2.75, 3.05) is 36.5 Å². The van der Waals surface area contributed by atoms with Crippen molar-refractivity contribution in [2.24, 2.45) is 0 Å². The minimum atomic E-state index is -0.377. The smallest absolute Gasteiger partial charge is 0.338 e. The van der Waals surface area contributed by atoms with E-state index in [9.17, 15) is 9.59 Å². The average molecular weight is 294 g/mol. The number of anilines is 1. The largest absolute Gasteiger partial charge is 0.462 e. The van der Waals surface area contributed by atoms with Gasteiger partial charge in [0.15, 0.2) is 0 Å². The molecule has 0 spiro atoms. The molecule has 2 amide bonds. The molecular formula is C14H18N2O3S. The van der Waals surface area contributed by atoms with Gasteiger partial charge >= 0.3 is 12.0 Å². The Kier molecular flexibility index (Phi) is 5.29. The van der Waals surface area contributed by atoms with Gasteiger partial charge in [-0.3, -0.25) is 0 Å². The zero-order chi connectivity index (χ0) is 14.4. The molecule has 2 rings (SSSR count). The van der Waals surface area contributed by atoms with Crippen LogP contribution in [0, 0.1) is 0 Å². The second kappa shape index (κ2) is 7.19. The highest BCUT2D eigenvalue weighted by molar-refractivity contribution is 7.99. The third-order valence-corrected chi connectivity index (χ3v) is 3.87. The van der Waals surface area contributed by atoms with Crippen LogP contribution >= 0.6 is 11.8 Å². The number of hydrogen-bond donors (Lipinski definition) is 1. The molecule has 1 aromatic rings. The summed E-state index contributed by atoms with van der Waals surface area (Å²) in [7, 11) is 0. The summed E-state index contributed by atoms with van der Waals surface area (Å²) < 4.78 is 4.94. The molecule has 20 heavy (non-hydrogen) atoms. The molecular weight excluding hydrogens is 276 g/mol. The zero-order valence-corrected chi connectivity index (χ0v) is 12.2. The van der Waals surface area contributed by atoms with Gasteiger partial charge in [0.1, 0.15) is 0 Å². The SMILES string of the molecule is CCOC(=O)c1cccc(NC(=O)N2CCSCC2)c1. The summed E-state index contributed by atoms with van der Waals surface area (Å²) in [6.07, 6.45) is 0. The Balaban J connectivity index is 2.00. The van der Waals surface area contributed by atoms with Crippen molar-refractivity contribution in [3.05, 3.63) is 29.8 Å². The number of esters is 1. The number of benzene rings is 1. The number of hydrogen-bond acceptors (Lipinski definition) is 4. The van der Waals surface area contributed by atoms with Gasteiger partial charge in [-0.2, -0.15) is 11.8 Å². The number of nitrogens with zero attached hydrogens (tertiary/aromatic N) is 1. The summed E-state index contributed by atoms with van der Waals surface area (Å²) >= 11 is 1.85. The summed E-state index contributed by atoms with van der Waals surface area (Å²) in [6, 6.07) is 6.68. The predicted octanol–water partition coefficient (Wildman–Crippen LogP) is 2.44. The number of ether oxygens (including phenoxy) is 1. The molecule has 0 unspecified atom stereocenters. The number of thioether (sulfide) groups is 1. The molecule has 1 saturated heterocycles. The van der Waals surface area contributed by atoms with Gasteiger partial charge in [-0.15, -0.1) is 0 Å². The molecule has 0 bridgehead atoms. The van der Waals surface area contributed by atoms with Crippen LogP contribution in [0.25, 0.3) is 0 Å². The quantitative estimate of drug-likeness (QED) is 0.870. The van der Waals surface area contributed by atoms with Crippen molar-refractivity contribution in [2.45, 2.75) is 6.92 Å². The molecule has 108 valence electrons. The number of carbonyl (C=O) groups excluding carboxylic acids is 2.